The molecule has 0 radical (unpaired) electrons. The predicted molar refractivity (Wildman–Crippen MR) is 132 cm³/mol. The third kappa shape index (κ3) is 4.69. The maximum absolute atomic E-state index is 12.8. The van der Waals surface area contributed by atoms with Gasteiger partial charge in [-0.05, 0) is 42.3 Å². The number of amides is 2. The van der Waals surface area contributed by atoms with Crippen molar-refractivity contribution in [2.24, 2.45) is 4.99 Å². The molecule has 0 aromatic heterocycles. The number of amidine groups is 1. The summed E-state index contributed by atoms with van der Waals surface area (Å²) >= 11 is 0. The Bertz CT molecular complexity index is 1200. The monoisotopic (exact) mass is 456 g/mol. The van der Waals surface area contributed by atoms with Gasteiger partial charge in [0.15, 0.2) is 5.75 Å². The summed E-state index contributed by atoms with van der Waals surface area (Å²) in [5, 5.41) is 3.05. The van der Waals surface area contributed by atoms with Gasteiger partial charge >= 0.3 is 6.03 Å². The average Bonchev–Trinajstić information content (AvgIpc) is 3.22. The molecule has 0 atom stereocenters. The van der Waals surface area contributed by atoms with Gasteiger partial charge in [0.1, 0.15) is 23.0 Å². The van der Waals surface area contributed by atoms with Crippen LogP contribution in [0.25, 0.3) is 0 Å². The lowest BCUT2D eigenvalue weighted by Gasteiger charge is -2.25. The van der Waals surface area contributed by atoms with Gasteiger partial charge in [-0.2, -0.15) is 0 Å². The molecule has 174 valence electrons. The molecule has 0 bridgehead atoms. The normalized spacial score (nSPS) is 15.1. The van der Waals surface area contributed by atoms with Crippen LogP contribution in [-0.4, -0.2) is 55.0 Å². The van der Waals surface area contributed by atoms with E-state index in [-0.39, 0.29) is 6.03 Å². The molecule has 7 heteroatoms. The second-order valence-corrected chi connectivity index (χ2v) is 8.34. The molecule has 2 aliphatic heterocycles. The van der Waals surface area contributed by atoms with Gasteiger partial charge in [-0.1, -0.05) is 42.5 Å². The number of hydrogen-bond donors (Lipinski definition) is 1. The predicted octanol–water partition coefficient (Wildman–Crippen LogP) is 4.80. The van der Waals surface area contributed by atoms with Gasteiger partial charge in [0, 0.05) is 32.7 Å². The topological polar surface area (TPSA) is 66.4 Å². The number of aliphatic imine (C=N–C) groups is 1. The zero-order valence-corrected chi connectivity index (χ0v) is 19.2. The minimum Gasteiger partial charge on any atom is -0.497 e. The molecule has 0 saturated carbocycles. The van der Waals surface area contributed by atoms with E-state index in [0.717, 1.165) is 52.9 Å². The highest BCUT2D eigenvalue weighted by molar-refractivity contribution is 6.04. The van der Waals surface area contributed by atoms with Crippen LogP contribution in [-0.2, 0) is 6.54 Å². The molecule has 5 rings (SSSR count). The van der Waals surface area contributed by atoms with E-state index in [1.807, 2.05) is 77.7 Å². The molecule has 1 N–H and O–H groups in total. The number of urea groups is 1. The van der Waals surface area contributed by atoms with Gasteiger partial charge in [-0.15, -0.1) is 0 Å². The molecule has 3 aromatic rings. The highest BCUT2D eigenvalue weighted by atomic mass is 16.5. The minimum atomic E-state index is -0.0377. The molecule has 1 saturated heterocycles. The summed E-state index contributed by atoms with van der Waals surface area (Å²) < 4.78 is 11.7. The summed E-state index contributed by atoms with van der Waals surface area (Å²) in [6.07, 6.45) is 0.847. The van der Waals surface area contributed by atoms with Gasteiger partial charge < -0.3 is 24.6 Å². The number of ether oxygens (including phenoxy) is 2. The lowest BCUT2D eigenvalue weighted by Crippen LogP contribution is -2.42. The van der Waals surface area contributed by atoms with Crippen LogP contribution in [0.5, 0.6) is 17.2 Å². The first-order valence-electron chi connectivity index (χ1n) is 11.6. The lowest BCUT2D eigenvalue weighted by molar-refractivity contribution is 0.200. The van der Waals surface area contributed by atoms with Crippen LogP contribution < -0.4 is 14.8 Å². The maximum atomic E-state index is 12.8. The number of carbonyl (C=O) groups is 1. The first-order chi connectivity index (χ1) is 16.7. The van der Waals surface area contributed by atoms with Crippen molar-refractivity contribution >= 4 is 17.6 Å². The molecule has 0 aliphatic carbocycles. The Kier molecular flexibility index (Phi) is 6.33. The number of methoxy groups -OCH3 is 1. The number of nitrogens with zero attached hydrogens (tertiary/aromatic N) is 3. The van der Waals surface area contributed by atoms with Crippen molar-refractivity contribution in [3.8, 4) is 17.2 Å². The Morgan fingerprint density at radius 1 is 0.971 bits per heavy atom. The van der Waals surface area contributed by atoms with Gasteiger partial charge in [0.2, 0.25) is 0 Å². The maximum Gasteiger partial charge on any atom is 0.317 e. The fraction of sp³-hybridized carbons (Fsp3) is 0.259. The Morgan fingerprint density at radius 2 is 1.79 bits per heavy atom. The molecule has 2 aliphatic rings. The number of hydrogen-bond acceptors (Lipinski definition) is 5. The van der Waals surface area contributed by atoms with Gasteiger partial charge in [0.05, 0.1) is 12.7 Å². The van der Waals surface area contributed by atoms with E-state index in [2.05, 4.69) is 10.2 Å². The van der Waals surface area contributed by atoms with Crippen molar-refractivity contribution in [1.29, 1.82) is 0 Å². The van der Waals surface area contributed by atoms with Crippen LogP contribution in [0.1, 0.15) is 17.5 Å². The standard InChI is InChI=1S/C27H28N4O3/c1-33-21-12-13-24-22(18-21)26(29-23-10-5-6-11-25(23)34-24)30-14-7-15-31(17-16-30)27(32)28-19-20-8-3-2-4-9-20/h2-6,8-13,18H,7,14-17,19H2,1H3,(H,28,32). The van der Waals surface area contributed by atoms with Crippen molar-refractivity contribution in [2.45, 2.75) is 13.0 Å². The molecule has 0 unspecified atom stereocenters. The Labute approximate surface area is 199 Å². The number of nitrogens with one attached hydrogen (secondary N) is 1. The summed E-state index contributed by atoms with van der Waals surface area (Å²) in [6.45, 7) is 3.30. The van der Waals surface area contributed by atoms with Crippen molar-refractivity contribution in [1.82, 2.24) is 15.1 Å². The zero-order chi connectivity index (χ0) is 23.3. The zero-order valence-electron chi connectivity index (χ0n) is 19.2. The van der Waals surface area contributed by atoms with Crippen LogP contribution >= 0.6 is 0 Å². The third-order valence-electron chi connectivity index (χ3n) is 6.11. The number of rotatable bonds is 3. The number of benzene rings is 3. The SMILES string of the molecule is COc1ccc2c(c1)C(N1CCCN(C(=O)NCc3ccccc3)CC1)=Nc1ccccc1O2. The minimum absolute atomic E-state index is 0.0377. The van der Waals surface area contributed by atoms with Gasteiger partial charge in [0.25, 0.3) is 0 Å². The molecule has 3 aromatic carbocycles. The van der Waals surface area contributed by atoms with E-state index in [1.165, 1.54) is 0 Å². The number of fused-ring (bicyclic) bond motifs is 2. The number of carbonyl (C=O) groups excluding carboxylic acids is 1. The van der Waals surface area contributed by atoms with E-state index in [4.69, 9.17) is 14.5 Å². The van der Waals surface area contributed by atoms with Crippen molar-refractivity contribution in [3.05, 3.63) is 83.9 Å². The van der Waals surface area contributed by atoms with Crippen LogP contribution in [0.15, 0.2) is 77.8 Å². The van der Waals surface area contributed by atoms with Gasteiger partial charge in [-0.3, -0.25) is 0 Å². The van der Waals surface area contributed by atoms with Gasteiger partial charge in [-0.25, -0.2) is 9.79 Å². The summed E-state index contributed by atoms with van der Waals surface area (Å²) in [6, 6.07) is 23.5. The molecule has 34 heavy (non-hydrogen) atoms. The quantitative estimate of drug-likeness (QED) is 0.615. The number of para-hydroxylation sites is 2. The molecule has 7 nitrogen and oxygen atoms in total. The van der Waals surface area contributed by atoms with E-state index in [1.54, 1.807) is 7.11 Å². The molecular weight excluding hydrogens is 428 g/mol. The smallest absolute Gasteiger partial charge is 0.317 e. The second-order valence-electron chi connectivity index (χ2n) is 8.34. The van der Waals surface area contributed by atoms with E-state index >= 15 is 0 Å². The van der Waals surface area contributed by atoms with E-state index < -0.39 is 0 Å². The Hall–Kier alpha value is -4.00. The molecule has 2 heterocycles. The summed E-state index contributed by atoms with van der Waals surface area (Å²) in [7, 11) is 1.66. The highest BCUT2D eigenvalue weighted by Crippen LogP contribution is 2.39. The van der Waals surface area contributed by atoms with Crippen LogP contribution in [0.2, 0.25) is 0 Å². The molecule has 0 spiro atoms. The Morgan fingerprint density at radius 3 is 2.65 bits per heavy atom. The molecular formula is C27H28N4O3. The molecule has 1 fully saturated rings. The lowest BCUT2D eigenvalue weighted by atomic mass is 10.1. The first-order valence-corrected chi connectivity index (χ1v) is 11.6. The Balaban J connectivity index is 1.36. The fourth-order valence-electron chi connectivity index (χ4n) is 4.29. The van der Waals surface area contributed by atoms with Crippen LogP contribution in [0.3, 0.4) is 0 Å². The largest absolute Gasteiger partial charge is 0.497 e. The van der Waals surface area contributed by atoms with Crippen LogP contribution in [0, 0.1) is 0 Å². The summed E-state index contributed by atoms with van der Waals surface area (Å²) in [4.78, 5) is 22.0. The fourth-order valence-corrected chi connectivity index (χ4v) is 4.29. The average molecular weight is 457 g/mol. The van der Waals surface area contributed by atoms with Crippen molar-refractivity contribution in [3.63, 3.8) is 0 Å². The summed E-state index contributed by atoms with van der Waals surface area (Å²) in [5.41, 5.74) is 2.76. The first kappa shape index (κ1) is 21.8. The second kappa shape index (κ2) is 9.87. The molecule has 2 amide bonds. The van der Waals surface area contributed by atoms with E-state index in [0.29, 0.717) is 26.2 Å². The summed E-state index contributed by atoms with van der Waals surface area (Å²) in [5.74, 6) is 3.05. The van der Waals surface area contributed by atoms with Crippen molar-refractivity contribution in [2.75, 3.05) is 33.3 Å². The van der Waals surface area contributed by atoms with Crippen LogP contribution in [0.4, 0.5) is 10.5 Å². The van der Waals surface area contributed by atoms with E-state index in [9.17, 15) is 4.79 Å². The highest BCUT2D eigenvalue weighted by Gasteiger charge is 2.26. The third-order valence-corrected chi connectivity index (χ3v) is 6.11. The van der Waals surface area contributed by atoms with Crippen molar-refractivity contribution < 1.29 is 14.3 Å².